The molecular weight excluding hydrogens is 408 g/mol. The molecule has 0 aliphatic rings. The van der Waals surface area contributed by atoms with Crippen molar-refractivity contribution < 1.29 is 9.53 Å². The number of nitrogens with zero attached hydrogens (tertiary/aromatic N) is 3. The number of rotatable bonds is 9. The second-order valence-corrected chi connectivity index (χ2v) is 7.54. The fourth-order valence-corrected chi connectivity index (χ4v) is 3.72. The lowest BCUT2D eigenvalue weighted by Gasteiger charge is -2.12. The van der Waals surface area contributed by atoms with Crippen LogP contribution in [0.15, 0.2) is 53.7 Å². The van der Waals surface area contributed by atoms with Gasteiger partial charge < -0.3 is 10.1 Å². The molecule has 152 valence electrons. The molecule has 3 rings (SSSR count). The average molecular weight is 431 g/mol. The maximum absolute atomic E-state index is 12.0. The number of carbonyl (C=O) groups excluding carboxylic acids is 1. The first-order valence-corrected chi connectivity index (χ1v) is 10.8. The molecule has 0 aliphatic heterocycles. The lowest BCUT2D eigenvalue weighted by Crippen LogP contribution is -2.25. The minimum Gasteiger partial charge on any atom is -0.494 e. The van der Waals surface area contributed by atoms with Crippen molar-refractivity contribution in [3.8, 4) is 22.8 Å². The van der Waals surface area contributed by atoms with Crippen LogP contribution in [0.3, 0.4) is 0 Å². The van der Waals surface area contributed by atoms with Crippen LogP contribution in [-0.2, 0) is 4.79 Å². The highest BCUT2D eigenvalue weighted by molar-refractivity contribution is 7.99. The Morgan fingerprint density at radius 2 is 1.90 bits per heavy atom. The molecule has 0 fully saturated rings. The summed E-state index contributed by atoms with van der Waals surface area (Å²) in [7, 11) is 0. The number of halogens is 1. The van der Waals surface area contributed by atoms with Crippen LogP contribution < -0.4 is 10.1 Å². The van der Waals surface area contributed by atoms with Gasteiger partial charge in [0.2, 0.25) is 5.91 Å². The summed E-state index contributed by atoms with van der Waals surface area (Å²) >= 11 is 7.75. The molecule has 0 saturated carbocycles. The zero-order valence-corrected chi connectivity index (χ0v) is 18.0. The Kier molecular flexibility index (Phi) is 7.55. The summed E-state index contributed by atoms with van der Waals surface area (Å²) in [6, 6.07) is 15.2. The molecule has 0 spiro atoms. The fourth-order valence-electron chi connectivity index (χ4n) is 2.72. The van der Waals surface area contributed by atoms with Crippen LogP contribution in [0.5, 0.6) is 5.75 Å². The number of amides is 1. The van der Waals surface area contributed by atoms with Gasteiger partial charge in [0, 0.05) is 17.8 Å². The topological polar surface area (TPSA) is 69.0 Å². The summed E-state index contributed by atoms with van der Waals surface area (Å²) in [5.74, 6) is 1.64. The first kappa shape index (κ1) is 21.2. The molecule has 1 aromatic heterocycles. The smallest absolute Gasteiger partial charge is 0.230 e. The summed E-state index contributed by atoms with van der Waals surface area (Å²) < 4.78 is 7.45. The van der Waals surface area contributed by atoms with Crippen molar-refractivity contribution in [1.82, 2.24) is 20.1 Å². The quantitative estimate of drug-likeness (QED) is 0.502. The molecule has 0 saturated heterocycles. The SMILES string of the molecule is CCCNC(=O)CSc1nnc(-c2ccccc2Cl)n1-c1ccc(OCC)cc1. The molecular formula is C21H23ClN4O2S. The summed E-state index contributed by atoms with van der Waals surface area (Å²) in [5.41, 5.74) is 1.64. The van der Waals surface area contributed by atoms with E-state index in [1.165, 1.54) is 11.8 Å². The predicted molar refractivity (Wildman–Crippen MR) is 117 cm³/mol. The minimum atomic E-state index is -0.0302. The molecule has 3 aromatic rings. The predicted octanol–water partition coefficient (Wildman–Crippen LogP) is 4.60. The van der Waals surface area contributed by atoms with E-state index >= 15 is 0 Å². The number of hydrogen-bond donors (Lipinski definition) is 1. The Morgan fingerprint density at radius 3 is 2.59 bits per heavy atom. The molecule has 1 amide bonds. The van der Waals surface area contributed by atoms with Crippen LogP contribution in [0.2, 0.25) is 5.02 Å². The molecule has 0 atom stereocenters. The van der Waals surface area contributed by atoms with Gasteiger partial charge in [-0.25, -0.2) is 0 Å². The van der Waals surface area contributed by atoms with Crippen molar-refractivity contribution in [1.29, 1.82) is 0 Å². The molecule has 0 radical (unpaired) electrons. The van der Waals surface area contributed by atoms with Crippen molar-refractivity contribution in [3.63, 3.8) is 0 Å². The summed E-state index contributed by atoms with van der Waals surface area (Å²) in [5, 5.41) is 12.8. The zero-order valence-electron chi connectivity index (χ0n) is 16.4. The van der Waals surface area contributed by atoms with Gasteiger partial charge in [0.15, 0.2) is 11.0 Å². The number of aromatic nitrogens is 3. The Morgan fingerprint density at radius 1 is 1.14 bits per heavy atom. The number of nitrogens with one attached hydrogen (secondary N) is 1. The zero-order chi connectivity index (χ0) is 20.6. The van der Waals surface area contributed by atoms with Gasteiger partial charge >= 0.3 is 0 Å². The van der Waals surface area contributed by atoms with Crippen molar-refractivity contribution in [2.75, 3.05) is 18.9 Å². The van der Waals surface area contributed by atoms with E-state index < -0.39 is 0 Å². The molecule has 8 heteroatoms. The second kappa shape index (κ2) is 10.3. The average Bonchev–Trinajstić information content (AvgIpc) is 3.15. The number of hydrogen-bond acceptors (Lipinski definition) is 5. The number of thioether (sulfide) groups is 1. The molecule has 29 heavy (non-hydrogen) atoms. The van der Waals surface area contributed by atoms with E-state index in [9.17, 15) is 4.79 Å². The molecule has 6 nitrogen and oxygen atoms in total. The van der Waals surface area contributed by atoms with Gasteiger partial charge in [0.05, 0.1) is 17.4 Å². The van der Waals surface area contributed by atoms with E-state index in [0.717, 1.165) is 23.4 Å². The summed E-state index contributed by atoms with van der Waals surface area (Å²) in [4.78, 5) is 12.0. The van der Waals surface area contributed by atoms with E-state index in [-0.39, 0.29) is 11.7 Å². The molecule has 0 bridgehead atoms. The molecule has 2 aromatic carbocycles. The lowest BCUT2D eigenvalue weighted by molar-refractivity contribution is -0.118. The van der Waals surface area contributed by atoms with Gasteiger partial charge in [-0.05, 0) is 49.7 Å². The third kappa shape index (κ3) is 5.31. The maximum Gasteiger partial charge on any atom is 0.230 e. The van der Waals surface area contributed by atoms with Gasteiger partial charge in [-0.2, -0.15) is 0 Å². The standard InChI is InChI=1S/C21H23ClN4O2S/c1-3-13-23-19(27)14-29-21-25-24-20(17-7-5-6-8-18(17)22)26(21)15-9-11-16(12-10-15)28-4-2/h5-12H,3-4,13-14H2,1-2H3,(H,23,27). The first-order valence-electron chi connectivity index (χ1n) is 9.47. The highest BCUT2D eigenvalue weighted by Gasteiger charge is 2.19. The highest BCUT2D eigenvalue weighted by Crippen LogP contribution is 2.32. The maximum atomic E-state index is 12.0. The molecule has 0 aliphatic carbocycles. The monoisotopic (exact) mass is 430 g/mol. The first-order chi connectivity index (χ1) is 14.1. The van der Waals surface area contributed by atoms with E-state index in [1.54, 1.807) is 0 Å². The summed E-state index contributed by atoms with van der Waals surface area (Å²) in [6.45, 7) is 5.23. The van der Waals surface area contributed by atoms with Crippen LogP contribution in [0.25, 0.3) is 17.1 Å². The largest absolute Gasteiger partial charge is 0.494 e. The van der Waals surface area contributed by atoms with Crippen molar-refractivity contribution in [2.24, 2.45) is 0 Å². The summed E-state index contributed by atoms with van der Waals surface area (Å²) in [6.07, 6.45) is 0.898. The lowest BCUT2D eigenvalue weighted by atomic mass is 10.2. The molecule has 0 unspecified atom stereocenters. The van der Waals surface area contributed by atoms with E-state index in [0.29, 0.717) is 29.2 Å². The van der Waals surface area contributed by atoms with Crippen LogP contribution in [0, 0.1) is 0 Å². The van der Waals surface area contributed by atoms with Gasteiger partial charge in [0.1, 0.15) is 5.75 Å². The van der Waals surface area contributed by atoms with E-state index in [2.05, 4.69) is 15.5 Å². The van der Waals surface area contributed by atoms with Crippen molar-refractivity contribution >= 4 is 29.3 Å². The van der Waals surface area contributed by atoms with Gasteiger partial charge in [-0.1, -0.05) is 42.4 Å². The Bertz CT molecular complexity index is 960. The minimum absolute atomic E-state index is 0.0302. The number of benzene rings is 2. The third-order valence-electron chi connectivity index (χ3n) is 4.06. The van der Waals surface area contributed by atoms with Crippen molar-refractivity contribution in [2.45, 2.75) is 25.4 Å². The van der Waals surface area contributed by atoms with E-state index in [4.69, 9.17) is 16.3 Å². The normalized spacial score (nSPS) is 10.7. The number of ether oxygens (including phenoxy) is 1. The van der Waals surface area contributed by atoms with Crippen LogP contribution >= 0.6 is 23.4 Å². The Balaban J connectivity index is 1.96. The van der Waals surface area contributed by atoms with E-state index in [1.807, 2.05) is 66.9 Å². The van der Waals surface area contributed by atoms with Crippen molar-refractivity contribution in [3.05, 3.63) is 53.6 Å². The van der Waals surface area contributed by atoms with Crippen LogP contribution in [0.4, 0.5) is 0 Å². The Hall–Kier alpha value is -2.51. The highest BCUT2D eigenvalue weighted by atomic mass is 35.5. The fraction of sp³-hybridized carbons (Fsp3) is 0.286. The van der Waals surface area contributed by atoms with Crippen LogP contribution in [0.1, 0.15) is 20.3 Å². The van der Waals surface area contributed by atoms with Crippen LogP contribution in [-0.4, -0.2) is 39.6 Å². The second-order valence-electron chi connectivity index (χ2n) is 6.19. The van der Waals surface area contributed by atoms with Gasteiger partial charge in [-0.15, -0.1) is 10.2 Å². The molecule has 1 heterocycles. The number of carbonyl (C=O) groups is 1. The Labute approximate surface area is 179 Å². The molecule has 1 N–H and O–H groups in total. The van der Waals surface area contributed by atoms with Gasteiger partial charge in [-0.3, -0.25) is 9.36 Å². The third-order valence-corrected chi connectivity index (χ3v) is 5.32. The van der Waals surface area contributed by atoms with Gasteiger partial charge in [0.25, 0.3) is 0 Å².